The number of carbonyl (C=O) groups excluding carboxylic acids is 3. The van der Waals surface area contributed by atoms with E-state index in [1.807, 2.05) is 0 Å². The molecule has 0 radical (unpaired) electrons. The molecular formula is C24H23N3O6. The van der Waals surface area contributed by atoms with Crippen molar-refractivity contribution in [3.63, 3.8) is 0 Å². The van der Waals surface area contributed by atoms with E-state index in [9.17, 15) is 14.4 Å². The Labute approximate surface area is 190 Å². The van der Waals surface area contributed by atoms with E-state index in [0.717, 1.165) is 0 Å². The molecule has 2 aromatic carbocycles. The predicted octanol–water partition coefficient (Wildman–Crippen LogP) is 3.09. The van der Waals surface area contributed by atoms with Gasteiger partial charge in [0.2, 0.25) is 0 Å². The van der Waals surface area contributed by atoms with Crippen molar-refractivity contribution in [2.45, 2.75) is 0 Å². The fraction of sp³-hybridized carbons (Fsp3) is 0.167. The summed E-state index contributed by atoms with van der Waals surface area (Å²) in [5.74, 6) is -0.411. The number of nitrogens with zero attached hydrogens (tertiary/aromatic N) is 1. The third-order valence-electron chi connectivity index (χ3n) is 4.61. The fourth-order valence-corrected chi connectivity index (χ4v) is 3.07. The number of urea groups is 1. The van der Waals surface area contributed by atoms with Gasteiger partial charge in [0.1, 0.15) is 0 Å². The molecule has 9 heteroatoms. The number of fused-ring (bicyclic) bond motifs is 1. The zero-order valence-electron chi connectivity index (χ0n) is 18.2. The van der Waals surface area contributed by atoms with Crippen LogP contribution in [-0.2, 0) is 9.53 Å². The van der Waals surface area contributed by atoms with Crippen LogP contribution in [-0.4, -0.2) is 50.3 Å². The second-order valence-corrected chi connectivity index (χ2v) is 6.76. The highest BCUT2D eigenvalue weighted by atomic mass is 16.5. The molecule has 0 aliphatic carbocycles. The average molecular weight is 449 g/mol. The molecule has 33 heavy (non-hydrogen) atoms. The maximum Gasteiger partial charge on any atom is 0.339 e. The van der Waals surface area contributed by atoms with Gasteiger partial charge in [-0.25, -0.2) is 14.6 Å². The fourth-order valence-electron chi connectivity index (χ4n) is 3.07. The first-order valence-corrected chi connectivity index (χ1v) is 9.94. The summed E-state index contributed by atoms with van der Waals surface area (Å²) in [6.07, 6.45) is 1.47. The van der Waals surface area contributed by atoms with Gasteiger partial charge in [0, 0.05) is 17.5 Å². The zero-order chi connectivity index (χ0) is 23.8. The molecule has 0 bridgehead atoms. The van der Waals surface area contributed by atoms with Crippen molar-refractivity contribution in [2.24, 2.45) is 0 Å². The molecule has 0 unspecified atom stereocenters. The van der Waals surface area contributed by atoms with Crippen LogP contribution in [0.4, 0.5) is 4.79 Å². The molecule has 0 saturated heterocycles. The third kappa shape index (κ3) is 5.65. The van der Waals surface area contributed by atoms with Crippen LogP contribution >= 0.6 is 0 Å². The number of carbonyl (C=O) groups is 3. The van der Waals surface area contributed by atoms with Crippen molar-refractivity contribution >= 4 is 28.8 Å². The Hall–Kier alpha value is -4.40. The molecule has 3 amide bonds. The second-order valence-electron chi connectivity index (χ2n) is 6.76. The summed E-state index contributed by atoms with van der Waals surface area (Å²) in [5.41, 5.74) is 2.01. The molecule has 1 heterocycles. The smallest absolute Gasteiger partial charge is 0.339 e. The van der Waals surface area contributed by atoms with E-state index in [2.05, 4.69) is 22.2 Å². The first kappa shape index (κ1) is 23.3. The maximum absolute atomic E-state index is 12.8. The lowest BCUT2D eigenvalue weighted by atomic mass is 10.0. The first-order valence-electron chi connectivity index (χ1n) is 9.94. The number of hydrogen-bond donors (Lipinski definition) is 2. The van der Waals surface area contributed by atoms with Gasteiger partial charge in [-0.3, -0.25) is 10.1 Å². The van der Waals surface area contributed by atoms with E-state index in [0.29, 0.717) is 33.7 Å². The van der Waals surface area contributed by atoms with Crippen LogP contribution in [0.5, 0.6) is 11.5 Å². The Kier molecular flexibility index (Phi) is 7.59. The topological polar surface area (TPSA) is 116 Å². The molecule has 0 aliphatic rings. The lowest BCUT2D eigenvalue weighted by Crippen LogP contribution is -2.41. The number of imide groups is 1. The number of benzene rings is 2. The highest BCUT2D eigenvalue weighted by Gasteiger charge is 2.18. The van der Waals surface area contributed by atoms with Gasteiger partial charge in [0.25, 0.3) is 5.91 Å². The van der Waals surface area contributed by atoms with Crippen molar-refractivity contribution in [1.82, 2.24) is 15.6 Å². The van der Waals surface area contributed by atoms with Crippen molar-refractivity contribution in [3.8, 4) is 22.8 Å². The number of aromatic nitrogens is 1. The van der Waals surface area contributed by atoms with Gasteiger partial charge in [0.05, 0.1) is 31.0 Å². The second kappa shape index (κ2) is 10.8. The summed E-state index contributed by atoms with van der Waals surface area (Å²) in [6.45, 7) is 3.03. The molecule has 3 aromatic rings. The number of ether oxygens (including phenoxy) is 3. The molecule has 170 valence electrons. The van der Waals surface area contributed by atoms with E-state index in [4.69, 9.17) is 14.2 Å². The summed E-state index contributed by atoms with van der Waals surface area (Å²) in [5, 5.41) is 5.03. The minimum Gasteiger partial charge on any atom is -0.493 e. The molecule has 0 atom stereocenters. The highest BCUT2D eigenvalue weighted by Crippen LogP contribution is 2.33. The maximum atomic E-state index is 12.8. The van der Waals surface area contributed by atoms with Crippen molar-refractivity contribution in [2.75, 3.05) is 27.4 Å². The normalized spacial score (nSPS) is 10.2. The third-order valence-corrected chi connectivity index (χ3v) is 4.61. The number of hydrogen-bond acceptors (Lipinski definition) is 7. The highest BCUT2D eigenvalue weighted by molar-refractivity contribution is 6.05. The van der Waals surface area contributed by atoms with Crippen LogP contribution in [0.3, 0.4) is 0 Å². The largest absolute Gasteiger partial charge is 0.493 e. The summed E-state index contributed by atoms with van der Waals surface area (Å²) < 4.78 is 15.8. The van der Waals surface area contributed by atoms with Gasteiger partial charge >= 0.3 is 12.0 Å². The van der Waals surface area contributed by atoms with E-state index in [1.165, 1.54) is 13.2 Å². The molecular weight excluding hydrogens is 426 g/mol. The van der Waals surface area contributed by atoms with Gasteiger partial charge in [-0.1, -0.05) is 24.3 Å². The Bertz CT molecular complexity index is 1210. The average Bonchev–Trinajstić information content (AvgIpc) is 2.84. The molecule has 9 nitrogen and oxygen atoms in total. The van der Waals surface area contributed by atoms with Crippen LogP contribution in [0.25, 0.3) is 22.2 Å². The van der Waals surface area contributed by atoms with Gasteiger partial charge in [0.15, 0.2) is 18.1 Å². The van der Waals surface area contributed by atoms with Crippen molar-refractivity contribution < 1.29 is 28.6 Å². The number of nitrogens with one attached hydrogen (secondary N) is 2. The van der Waals surface area contributed by atoms with E-state index in [-0.39, 0.29) is 12.1 Å². The van der Waals surface area contributed by atoms with Gasteiger partial charge in [-0.2, -0.15) is 0 Å². The van der Waals surface area contributed by atoms with Crippen LogP contribution in [0.1, 0.15) is 10.4 Å². The Morgan fingerprint density at radius 1 is 1.03 bits per heavy atom. The summed E-state index contributed by atoms with van der Waals surface area (Å²) in [4.78, 5) is 40.9. The molecule has 3 rings (SSSR count). The lowest BCUT2D eigenvalue weighted by molar-refractivity contribution is -0.123. The minimum absolute atomic E-state index is 0.195. The number of methoxy groups -OCH3 is 2. The van der Waals surface area contributed by atoms with Gasteiger partial charge in [-0.15, -0.1) is 6.58 Å². The monoisotopic (exact) mass is 449 g/mol. The first-order chi connectivity index (χ1) is 16.0. The Morgan fingerprint density at radius 3 is 2.52 bits per heavy atom. The van der Waals surface area contributed by atoms with E-state index >= 15 is 0 Å². The van der Waals surface area contributed by atoms with Crippen LogP contribution in [0, 0.1) is 0 Å². The number of para-hydroxylation sites is 1. The zero-order valence-corrected chi connectivity index (χ0v) is 18.2. The Morgan fingerprint density at radius 2 is 1.79 bits per heavy atom. The minimum atomic E-state index is -0.761. The molecule has 0 aliphatic heterocycles. The molecule has 2 N–H and O–H groups in total. The quantitative estimate of drug-likeness (QED) is 0.401. The summed E-state index contributed by atoms with van der Waals surface area (Å²) in [6, 6.07) is 13.2. The number of pyridine rings is 1. The summed E-state index contributed by atoms with van der Waals surface area (Å²) >= 11 is 0. The molecule has 0 spiro atoms. The number of esters is 1. The van der Waals surface area contributed by atoms with E-state index in [1.54, 1.807) is 55.6 Å². The Balaban J connectivity index is 1.87. The number of amides is 3. The summed E-state index contributed by atoms with van der Waals surface area (Å²) in [7, 11) is 3.07. The number of rotatable bonds is 8. The van der Waals surface area contributed by atoms with Crippen LogP contribution < -0.4 is 20.1 Å². The SMILES string of the molecule is C=CCNC(=O)NC(=O)COC(=O)c1cc(-c2ccc(OC)c(OC)c2)nc2ccccc12. The van der Waals surface area contributed by atoms with Crippen molar-refractivity contribution in [1.29, 1.82) is 0 Å². The van der Waals surface area contributed by atoms with Crippen molar-refractivity contribution in [3.05, 3.63) is 66.7 Å². The van der Waals surface area contributed by atoms with Crippen LogP contribution in [0.2, 0.25) is 0 Å². The van der Waals surface area contributed by atoms with Gasteiger partial charge < -0.3 is 19.5 Å². The predicted molar refractivity (Wildman–Crippen MR) is 122 cm³/mol. The van der Waals surface area contributed by atoms with Gasteiger partial charge in [-0.05, 0) is 30.3 Å². The lowest BCUT2D eigenvalue weighted by Gasteiger charge is -2.12. The standard InChI is InChI=1S/C24H23N3O6/c1-4-11-25-24(30)27-22(28)14-33-23(29)17-13-19(26-18-8-6-5-7-16(17)18)15-9-10-20(31-2)21(12-15)32-3/h4-10,12-13H,1,11,14H2,2-3H3,(H2,25,27,28,30). The molecule has 0 fully saturated rings. The molecule has 0 saturated carbocycles. The van der Waals surface area contributed by atoms with Crippen LogP contribution in [0.15, 0.2) is 61.2 Å². The van der Waals surface area contributed by atoms with E-state index < -0.39 is 24.5 Å². The molecule has 1 aromatic heterocycles.